The van der Waals surface area contributed by atoms with Gasteiger partial charge in [0, 0.05) is 29.9 Å². The predicted octanol–water partition coefficient (Wildman–Crippen LogP) is 4.74. The van der Waals surface area contributed by atoms with Gasteiger partial charge in [-0.25, -0.2) is 18.7 Å². The SMILES string of the molecule is Cc1nc(N[C@H](C)c2cccc(C(F)(F)F)c2F)c2c(n1)C1(CCN(CCO)C1)C(=O)N(c1ccc(F)cc1)C2. The Kier molecular flexibility index (Phi) is 7.26. The van der Waals surface area contributed by atoms with E-state index in [4.69, 9.17) is 0 Å². The van der Waals surface area contributed by atoms with Gasteiger partial charge in [0.2, 0.25) is 5.91 Å². The first-order valence-corrected chi connectivity index (χ1v) is 12.9. The molecule has 12 heteroatoms. The van der Waals surface area contributed by atoms with Crippen molar-refractivity contribution in [2.75, 3.05) is 36.5 Å². The van der Waals surface area contributed by atoms with E-state index in [1.54, 1.807) is 6.92 Å². The lowest BCUT2D eigenvalue weighted by atomic mass is 9.76. The highest BCUT2D eigenvalue weighted by molar-refractivity contribution is 6.03. The van der Waals surface area contributed by atoms with E-state index < -0.39 is 34.8 Å². The minimum Gasteiger partial charge on any atom is -0.395 e. The third kappa shape index (κ3) is 4.90. The standard InChI is InChI=1S/C28H28F5N5O2/c1-16(20-4-3-5-22(23(20)30)28(31,32)33)34-25-21-14-38(19-8-6-18(29)7-9-19)26(40)27(24(21)35-17(2)36-25)10-11-37(15-27)12-13-39/h3-9,16,39H,10-15H2,1-2H3,(H,34,35,36)/t16-,27?/m1/s1. The molecule has 1 unspecified atom stereocenters. The maximum Gasteiger partial charge on any atom is 0.419 e. The highest BCUT2D eigenvalue weighted by atomic mass is 19.4. The quantitative estimate of drug-likeness (QED) is 0.424. The molecular formula is C28H28F5N5O2. The van der Waals surface area contributed by atoms with Crippen molar-refractivity contribution >= 4 is 17.4 Å². The number of alkyl halides is 3. The minimum absolute atomic E-state index is 0.0158. The third-order valence-electron chi connectivity index (χ3n) is 7.60. The Labute approximate surface area is 227 Å². The molecule has 2 N–H and O–H groups in total. The number of aryl methyl sites for hydroxylation is 1. The Hall–Kier alpha value is -3.64. The summed E-state index contributed by atoms with van der Waals surface area (Å²) in [6.07, 6.45) is -4.44. The molecule has 0 radical (unpaired) electrons. The molecule has 2 aliphatic heterocycles. The van der Waals surface area contributed by atoms with Gasteiger partial charge >= 0.3 is 6.18 Å². The number of likely N-dealkylation sites (tertiary alicyclic amines) is 1. The monoisotopic (exact) mass is 561 g/mol. The zero-order valence-electron chi connectivity index (χ0n) is 21.9. The van der Waals surface area contributed by atoms with Crippen LogP contribution in [0.1, 0.15) is 47.6 Å². The number of amides is 1. The number of fused-ring (bicyclic) bond motifs is 2. The summed E-state index contributed by atoms with van der Waals surface area (Å²) in [4.78, 5) is 26.8. The van der Waals surface area contributed by atoms with Crippen LogP contribution in [0.5, 0.6) is 0 Å². The van der Waals surface area contributed by atoms with E-state index in [-0.39, 0.29) is 37.0 Å². The summed E-state index contributed by atoms with van der Waals surface area (Å²) in [6, 6.07) is 7.70. The van der Waals surface area contributed by atoms with E-state index in [0.29, 0.717) is 48.3 Å². The van der Waals surface area contributed by atoms with Crippen molar-refractivity contribution in [2.45, 2.75) is 44.4 Å². The van der Waals surface area contributed by atoms with Gasteiger partial charge in [-0.2, -0.15) is 13.2 Å². The van der Waals surface area contributed by atoms with Gasteiger partial charge in [0.05, 0.1) is 30.5 Å². The molecule has 2 atom stereocenters. The largest absolute Gasteiger partial charge is 0.419 e. The van der Waals surface area contributed by atoms with Gasteiger partial charge in [0.15, 0.2) is 0 Å². The number of benzene rings is 2. The highest BCUT2D eigenvalue weighted by Gasteiger charge is 2.54. The number of halogens is 5. The van der Waals surface area contributed by atoms with E-state index in [1.807, 2.05) is 4.90 Å². The number of anilines is 2. The van der Waals surface area contributed by atoms with Gasteiger partial charge in [0.1, 0.15) is 28.7 Å². The van der Waals surface area contributed by atoms with Gasteiger partial charge in [0.25, 0.3) is 0 Å². The number of hydrogen-bond acceptors (Lipinski definition) is 6. The summed E-state index contributed by atoms with van der Waals surface area (Å²) in [5.41, 5.74) is -1.15. The van der Waals surface area contributed by atoms with Crippen LogP contribution < -0.4 is 10.2 Å². The number of carbonyl (C=O) groups excluding carboxylic acids is 1. The number of hydrogen-bond donors (Lipinski definition) is 2. The molecule has 2 aliphatic rings. The normalized spacial score (nSPS) is 20.2. The summed E-state index contributed by atoms with van der Waals surface area (Å²) in [6.45, 7) is 4.28. The lowest BCUT2D eigenvalue weighted by Crippen LogP contribution is -2.53. The zero-order valence-corrected chi connectivity index (χ0v) is 21.9. The van der Waals surface area contributed by atoms with Crippen LogP contribution in [0.3, 0.4) is 0 Å². The molecule has 5 rings (SSSR count). The summed E-state index contributed by atoms with van der Waals surface area (Å²) < 4.78 is 68.7. The number of rotatable bonds is 6. The van der Waals surface area contributed by atoms with Crippen molar-refractivity contribution in [3.63, 3.8) is 0 Å². The summed E-state index contributed by atoms with van der Waals surface area (Å²) >= 11 is 0. The smallest absolute Gasteiger partial charge is 0.395 e. The Morgan fingerprint density at radius 2 is 1.85 bits per heavy atom. The zero-order chi connectivity index (χ0) is 28.8. The van der Waals surface area contributed by atoms with E-state index in [2.05, 4.69) is 15.3 Å². The number of nitrogens with zero attached hydrogens (tertiary/aromatic N) is 4. The van der Waals surface area contributed by atoms with Crippen LogP contribution in [0.2, 0.25) is 0 Å². The van der Waals surface area contributed by atoms with E-state index >= 15 is 0 Å². The van der Waals surface area contributed by atoms with Crippen LogP contribution in [-0.4, -0.2) is 52.1 Å². The van der Waals surface area contributed by atoms with Crippen molar-refractivity contribution in [1.82, 2.24) is 14.9 Å². The number of nitrogens with one attached hydrogen (secondary N) is 1. The number of β-amino-alcohol motifs (C(OH)–C–C–N with tert-alkyl or cyclic N) is 1. The molecule has 2 aromatic carbocycles. The summed E-state index contributed by atoms with van der Waals surface area (Å²) in [5.74, 6) is -1.46. The molecular weight excluding hydrogens is 533 g/mol. The summed E-state index contributed by atoms with van der Waals surface area (Å²) in [5, 5.41) is 12.6. The molecule has 3 heterocycles. The molecule has 1 aromatic heterocycles. The van der Waals surface area contributed by atoms with Crippen molar-refractivity contribution in [3.8, 4) is 0 Å². The second kappa shape index (κ2) is 10.4. The fraction of sp³-hybridized carbons (Fsp3) is 0.393. The first-order valence-electron chi connectivity index (χ1n) is 12.9. The molecule has 3 aromatic rings. The first-order chi connectivity index (χ1) is 18.9. The maximum atomic E-state index is 15.0. The molecule has 0 bridgehead atoms. The molecule has 40 heavy (non-hydrogen) atoms. The topological polar surface area (TPSA) is 81.6 Å². The number of aliphatic hydroxyl groups is 1. The lowest BCUT2D eigenvalue weighted by Gasteiger charge is -2.41. The average molecular weight is 562 g/mol. The van der Waals surface area contributed by atoms with E-state index in [0.717, 1.165) is 6.07 Å². The molecule has 1 saturated heterocycles. The van der Waals surface area contributed by atoms with Crippen LogP contribution in [0.4, 0.5) is 33.5 Å². The highest BCUT2D eigenvalue weighted by Crippen LogP contribution is 2.45. The van der Waals surface area contributed by atoms with Crippen LogP contribution in [-0.2, 0) is 22.9 Å². The predicted molar refractivity (Wildman–Crippen MR) is 138 cm³/mol. The van der Waals surface area contributed by atoms with Gasteiger partial charge < -0.3 is 15.3 Å². The van der Waals surface area contributed by atoms with Gasteiger partial charge in [-0.15, -0.1) is 0 Å². The number of aliphatic hydroxyl groups excluding tert-OH is 1. The van der Waals surface area contributed by atoms with Crippen molar-refractivity contribution in [1.29, 1.82) is 0 Å². The average Bonchev–Trinajstić information content (AvgIpc) is 3.31. The first kappa shape index (κ1) is 27.9. The minimum atomic E-state index is -4.85. The van der Waals surface area contributed by atoms with E-state index in [9.17, 15) is 31.9 Å². The number of aromatic nitrogens is 2. The second-order valence-corrected chi connectivity index (χ2v) is 10.2. The molecule has 212 valence electrons. The van der Waals surface area contributed by atoms with Gasteiger partial charge in [-0.1, -0.05) is 12.1 Å². The van der Waals surface area contributed by atoms with Gasteiger partial charge in [-0.3, -0.25) is 9.69 Å². The van der Waals surface area contributed by atoms with Gasteiger partial charge in [-0.05, 0) is 57.1 Å². The molecule has 1 spiro atoms. The molecule has 1 fully saturated rings. The van der Waals surface area contributed by atoms with E-state index in [1.165, 1.54) is 42.2 Å². The fourth-order valence-electron chi connectivity index (χ4n) is 5.65. The third-order valence-corrected chi connectivity index (χ3v) is 7.60. The van der Waals surface area contributed by atoms with Crippen LogP contribution in [0, 0.1) is 18.6 Å². The maximum absolute atomic E-state index is 15.0. The molecule has 0 saturated carbocycles. The lowest BCUT2D eigenvalue weighted by molar-refractivity contribution is -0.140. The van der Waals surface area contributed by atoms with Crippen molar-refractivity contribution < 1.29 is 31.9 Å². The number of carbonyl (C=O) groups is 1. The molecule has 0 aliphatic carbocycles. The summed E-state index contributed by atoms with van der Waals surface area (Å²) in [7, 11) is 0. The Morgan fingerprint density at radius 1 is 1.12 bits per heavy atom. The Morgan fingerprint density at radius 3 is 2.52 bits per heavy atom. The Bertz CT molecular complexity index is 1430. The second-order valence-electron chi connectivity index (χ2n) is 10.2. The van der Waals surface area contributed by atoms with Crippen LogP contribution in [0.25, 0.3) is 0 Å². The van der Waals surface area contributed by atoms with Crippen molar-refractivity contribution in [2.24, 2.45) is 0 Å². The van der Waals surface area contributed by atoms with Crippen molar-refractivity contribution in [3.05, 3.63) is 82.3 Å². The fourth-order valence-corrected chi connectivity index (χ4v) is 5.65. The molecule has 7 nitrogen and oxygen atoms in total. The van der Waals surface area contributed by atoms with Crippen LogP contribution >= 0.6 is 0 Å². The Balaban J connectivity index is 1.60. The van der Waals surface area contributed by atoms with Crippen LogP contribution in [0.15, 0.2) is 42.5 Å². The molecule has 1 amide bonds.